The SMILES string of the molecule is C=CCOc1ccc(C(CC)C(CC)c2ccc(OCC=C)cc2)cc1. The molecule has 0 aromatic heterocycles. The highest BCUT2D eigenvalue weighted by molar-refractivity contribution is 5.35. The van der Waals surface area contributed by atoms with Crippen molar-refractivity contribution < 1.29 is 9.47 Å². The lowest BCUT2D eigenvalue weighted by Gasteiger charge is -2.26. The average molecular weight is 351 g/mol. The van der Waals surface area contributed by atoms with Gasteiger partial charge in [0.1, 0.15) is 24.7 Å². The van der Waals surface area contributed by atoms with Crippen LogP contribution in [0.4, 0.5) is 0 Å². The van der Waals surface area contributed by atoms with Crippen LogP contribution in [0.15, 0.2) is 73.8 Å². The van der Waals surface area contributed by atoms with Crippen LogP contribution in [-0.4, -0.2) is 13.2 Å². The number of rotatable bonds is 11. The summed E-state index contributed by atoms with van der Waals surface area (Å²) in [6, 6.07) is 17.0. The summed E-state index contributed by atoms with van der Waals surface area (Å²) >= 11 is 0. The van der Waals surface area contributed by atoms with Crippen LogP contribution in [0, 0.1) is 0 Å². The molecule has 2 aromatic carbocycles. The largest absolute Gasteiger partial charge is 0.490 e. The molecule has 2 unspecified atom stereocenters. The van der Waals surface area contributed by atoms with Crippen molar-refractivity contribution in [2.24, 2.45) is 0 Å². The van der Waals surface area contributed by atoms with E-state index in [1.807, 2.05) is 0 Å². The Hall–Kier alpha value is -2.48. The Morgan fingerprint density at radius 1 is 0.692 bits per heavy atom. The van der Waals surface area contributed by atoms with Crippen LogP contribution in [0.25, 0.3) is 0 Å². The normalized spacial score (nSPS) is 12.8. The fraction of sp³-hybridized carbons (Fsp3) is 0.333. The highest BCUT2D eigenvalue weighted by Gasteiger charge is 2.22. The third-order valence-electron chi connectivity index (χ3n) is 4.72. The van der Waals surface area contributed by atoms with E-state index in [1.165, 1.54) is 11.1 Å². The van der Waals surface area contributed by atoms with Crippen molar-refractivity contribution in [3.05, 3.63) is 85.0 Å². The summed E-state index contributed by atoms with van der Waals surface area (Å²) in [6.07, 6.45) is 5.72. The summed E-state index contributed by atoms with van der Waals surface area (Å²) in [5.74, 6) is 2.74. The Balaban J connectivity index is 2.17. The van der Waals surface area contributed by atoms with E-state index in [-0.39, 0.29) is 0 Å². The molecule has 0 saturated heterocycles. The number of benzene rings is 2. The van der Waals surface area contributed by atoms with Gasteiger partial charge in [0.15, 0.2) is 0 Å². The molecule has 2 heteroatoms. The molecule has 2 rings (SSSR count). The first-order chi connectivity index (χ1) is 12.7. The van der Waals surface area contributed by atoms with Crippen LogP contribution in [0.3, 0.4) is 0 Å². The number of ether oxygens (including phenoxy) is 2. The molecule has 0 fully saturated rings. The first kappa shape index (κ1) is 19.8. The second-order valence-corrected chi connectivity index (χ2v) is 6.37. The fourth-order valence-electron chi connectivity index (χ4n) is 3.44. The topological polar surface area (TPSA) is 18.5 Å². The number of hydrogen-bond donors (Lipinski definition) is 0. The monoisotopic (exact) mass is 350 g/mol. The van der Waals surface area contributed by atoms with Crippen LogP contribution in [-0.2, 0) is 0 Å². The van der Waals surface area contributed by atoms with Crippen LogP contribution in [0.5, 0.6) is 11.5 Å². The molecule has 2 nitrogen and oxygen atoms in total. The zero-order chi connectivity index (χ0) is 18.8. The Labute approximate surface area is 158 Å². The molecule has 0 spiro atoms. The highest BCUT2D eigenvalue weighted by atomic mass is 16.5. The predicted molar refractivity (Wildman–Crippen MR) is 110 cm³/mol. The molecular formula is C24H30O2. The third kappa shape index (κ3) is 5.26. The van der Waals surface area contributed by atoms with Crippen LogP contribution in [0.1, 0.15) is 49.7 Å². The van der Waals surface area contributed by atoms with Crippen molar-refractivity contribution in [3.63, 3.8) is 0 Å². The van der Waals surface area contributed by atoms with Gasteiger partial charge in [-0.15, -0.1) is 0 Å². The minimum absolute atomic E-state index is 0.480. The first-order valence-corrected chi connectivity index (χ1v) is 9.40. The van der Waals surface area contributed by atoms with Crippen molar-refractivity contribution >= 4 is 0 Å². The van der Waals surface area contributed by atoms with Gasteiger partial charge >= 0.3 is 0 Å². The van der Waals surface area contributed by atoms with Crippen molar-refractivity contribution in [3.8, 4) is 11.5 Å². The van der Waals surface area contributed by atoms with Crippen LogP contribution in [0.2, 0.25) is 0 Å². The van der Waals surface area contributed by atoms with Crippen molar-refractivity contribution in [2.45, 2.75) is 38.5 Å². The molecule has 0 saturated carbocycles. The van der Waals surface area contributed by atoms with Gasteiger partial charge in [-0.1, -0.05) is 63.4 Å². The maximum atomic E-state index is 5.60. The standard InChI is InChI=1S/C24H30O2/c1-5-17-25-21-13-9-19(10-14-21)23(7-3)24(8-4)20-11-15-22(16-12-20)26-18-6-2/h5-6,9-16,23-24H,1-2,7-8,17-18H2,3-4H3. The summed E-state index contributed by atoms with van der Waals surface area (Å²) in [4.78, 5) is 0. The molecule has 0 bridgehead atoms. The van der Waals surface area contributed by atoms with Gasteiger partial charge in [0.05, 0.1) is 0 Å². The van der Waals surface area contributed by atoms with E-state index in [2.05, 4.69) is 75.5 Å². The van der Waals surface area contributed by atoms with Gasteiger partial charge in [-0.25, -0.2) is 0 Å². The summed E-state index contributed by atoms with van der Waals surface area (Å²) in [5.41, 5.74) is 2.72. The van der Waals surface area contributed by atoms with Gasteiger partial charge in [0.25, 0.3) is 0 Å². The van der Waals surface area contributed by atoms with Gasteiger partial charge in [-0.05, 0) is 60.1 Å². The lowest BCUT2D eigenvalue weighted by molar-refractivity contribution is 0.362. The Morgan fingerprint density at radius 3 is 1.31 bits per heavy atom. The van der Waals surface area contributed by atoms with Crippen LogP contribution >= 0.6 is 0 Å². The van der Waals surface area contributed by atoms with Gasteiger partial charge < -0.3 is 9.47 Å². The molecule has 2 atom stereocenters. The minimum atomic E-state index is 0.480. The van der Waals surface area contributed by atoms with E-state index >= 15 is 0 Å². The first-order valence-electron chi connectivity index (χ1n) is 9.40. The molecule has 138 valence electrons. The lowest BCUT2D eigenvalue weighted by atomic mass is 9.78. The second-order valence-electron chi connectivity index (χ2n) is 6.37. The Kier molecular flexibility index (Phi) is 8.01. The Bertz CT molecular complexity index is 609. The zero-order valence-corrected chi connectivity index (χ0v) is 16.0. The van der Waals surface area contributed by atoms with Crippen molar-refractivity contribution in [2.75, 3.05) is 13.2 Å². The van der Waals surface area contributed by atoms with Gasteiger partial charge in [-0.2, -0.15) is 0 Å². The number of hydrogen-bond acceptors (Lipinski definition) is 2. The van der Waals surface area contributed by atoms with Gasteiger partial charge in [0.2, 0.25) is 0 Å². The second kappa shape index (κ2) is 10.5. The molecule has 0 heterocycles. The molecule has 26 heavy (non-hydrogen) atoms. The maximum absolute atomic E-state index is 5.60. The molecule has 2 aromatic rings. The van der Waals surface area contributed by atoms with E-state index in [4.69, 9.17) is 9.47 Å². The summed E-state index contributed by atoms with van der Waals surface area (Å²) < 4.78 is 11.2. The average Bonchev–Trinajstić information content (AvgIpc) is 2.70. The van der Waals surface area contributed by atoms with E-state index in [0.29, 0.717) is 25.0 Å². The quantitative estimate of drug-likeness (QED) is 0.430. The van der Waals surface area contributed by atoms with Crippen molar-refractivity contribution in [1.29, 1.82) is 0 Å². The Morgan fingerprint density at radius 2 is 1.04 bits per heavy atom. The summed E-state index contributed by atoms with van der Waals surface area (Å²) in [6.45, 7) is 13.0. The summed E-state index contributed by atoms with van der Waals surface area (Å²) in [5, 5.41) is 0. The summed E-state index contributed by atoms with van der Waals surface area (Å²) in [7, 11) is 0. The van der Waals surface area contributed by atoms with E-state index < -0.39 is 0 Å². The highest BCUT2D eigenvalue weighted by Crippen LogP contribution is 2.38. The van der Waals surface area contributed by atoms with E-state index in [0.717, 1.165) is 24.3 Å². The zero-order valence-electron chi connectivity index (χ0n) is 16.0. The smallest absolute Gasteiger partial charge is 0.119 e. The van der Waals surface area contributed by atoms with Gasteiger partial charge in [0, 0.05) is 0 Å². The third-order valence-corrected chi connectivity index (χ3v) is 4.72. The molecule has 0 aliphatic carbocycles. The molecule has 0 amide bonds. The minimum Gasteiger partial charge on any atom is -0.490 e. The maximum Gasteiger partial charge on any atom is 0.119 e. The molecule has 0 aliphatic heterocycles. The van der Waals surface area contributed by atoms with Crippen LogP contribution < -0.4 is 9.47 Å². The molecular weight excluding hydrogens is 320 g/mol. The molecule has 0 radical (unpaired) electrons. The van der Waals surface area contributed by atoms with E-state index in [1.54, 1.807) is 12.2 Å². The predicted octanol–water partition coefficient (Wildman–Crippen LogP) is 6.50. The lowest BCUT2D eigenvalue weighted by Crippen LogP contribution is -2.10. The molecule has 0 N–H and O–H groups in total. The van der Waals surface area contributed by atoms with Crippen molar-refractivity contribution in [1.82, 2.24) is 0 Å². The fourth-order valence-corrected chi connectivity index (χ4v) is 3.44. The van der Waals surface area contributed by atoms with Gasteiger partial charge in [-0.3, -0.25) is 0 Å². The molecule has 0 aliphatic rings. The van der Waals surface area contributed by atoms with E-state index in [9.17, 15) is 0 Å².